The summed E-state index contributed by atoms with van der Waals surface area (Å²) < 4.78 is 1.66. The maximum atomic E-state index is 12.6. The van der Waals surface area contributed by atoms with Gasteiger partial charge in [0, 0.05) is 24.7 Å². The molecule has 0 saturated carbocycles. The molecule has 3 rings (SSSR count). The minimum atomic E-state index is 0.0651. The molecule has 0 unspecified atom stereocenters. The Bertz CT molecular complexity index is 593. The van der Waals surface area contributed by atoms with Gasteiger partial charge in [0.25, 0.3) is 5.91 Å². The van der Waals surface area contributed by atoms with Gasteiger partial charge in [-0.1, -0.05) is 0 Å². The number of piperidine rings is 1. The number of rotatable bonds is 3. The second-order valence-corrected chi connectivity index (χ2v) is 5.27. The third kappa shape index (κ3) is 2.80. The molecule has 2 N–H and O–H groups in total. The van der Waals surface area contributed by atoms with Crippen molar-refractivity contribution in [2.45, 2.75) is 25.3 Å². The van der Waals surface area contributed by atoms with Gasteiger partial charge in [0.15, 0.2) is 0 Å². The summed E-state index contributed by atoms with van der Waals surface area (Å²) in [5.41, 5.74) is 7.37. The molecule has 0 spiro atoms. The van der Waals surface area contributed by atoms with E-state index in [2.05, 4.69) is 10.1 Å². The number of nitrogens with two attached hydrogens (primary N) is 1. The molecule has 2 heterocycles. The highest BCUT2D eigenvalue weighted by Gasteiger charge is 2.26. The second kappa shape index (κ2) is 6.05. The molecular formula is C15H19N5O. The van der Waals surface area contributed by atoms with Crippen molar-refractivity contribution in [2.75, 3.05) is 13.1 Å². The van der Waals surface area contributed by atoms with E-state index < -0.39 is 0 Å². The van der Waals surface area contributed by atoms with Crippen LogP contribution in [0.15, 0.2) is 36.9 Å². The van der Waals surface area contributed by atoms with Crippen LogP contribution in [0, 0.1) is 0 Å². The molecule has 1 fully saturated rings. The summed E-state index contributed by atoms with van der Waals surface area (Å²) in [6, 6.07) is 7.59. The maximum Gasteiger partial charge on any atom is 0.254 e. The van der Waals surface area contributed by atoms with E-state index in [1.165, 1.54) is 6.33 Å². The smallest absolute Gasteiger partial charge is 0.254 e. The molecule has 110 valence electrons. The highest BCUT2D eigenvalue weighted by molar-refractivity contribution is 5.94. The molecule has 0 radical (unpaired) electrons. The Balaban J connectivity index is 1.78. The van der Waals surface area contributed by atoms with Gasteiger partial charge in [-0.05, 0) is 43.5 Å². The van der Waals surface area contributed by atoms with Gasteiger partial charge in [-0.15, -0.1) is 0 Å². The van der Waals surface area contributed by atoms with Gasteiger partial charge < -0.3 is 10.6 Å². The van der Waals surface area contributed by atoms with Gasteiger partial charge in [-0.25, -0.2) is 9.67 Å². The number of benzene rings is 1. The zero-order valence-corrected chi connectivity index (χ0v) is 11.9. The Morgan fingerprint density at radius 3 is 2.76 bits per heavy atom. The van der Waals surface area contributed by atoms with Gasteiger partial charge in [0.05, 0.1) is 5.69 Å². The van der Waals surface area contributed by atoms with Crippen LogP contribution in [0.1, 0.15) is 29.6 Å². The van der Waals surface area contributed by atoms with Crippen molar-refractivity contribution in [3.05, 3.63) is 42.5 Å². The van der Waals surface area contributed by atoms with E-state index in [4.69, 9.17) is 5.73 Å². The van der Waals surface area contributed by atoms with Crippen molar-refractivity contribution >= 4 is 5.91 Å². The summed E-state index contributed by atoms with van der Waals surface area (Å²) in [6.07, 6.45) is 6.32. The van der Waals surface area contributed by atoms with Gasteiger partial charge in [0.2, 0.25) is 0 Å². The van der Waals surface area contributed by atoms with Gasteiger partial charge in [-0.3, -0.25) is 4.79 Å². The van der Waals surface area contributed by atoms with Crippen LogP contribution >= 0.6 is 0 Å². The lowest BCUT2D eigenvalue weighted by atomic mass is 10.0. The lowest BCUT2D eigenvalue weighted by Crippen LogP contribution is -2.47. The molecule has 1 aromatic heterocycles. The molecule has 6 heteroatoms. The number of likely N-dealkylation sites (tertiary alicyclic amines) is 1. The number of carbonyl (C=O) groups is 1. The first-order valence-electron chi connectivity index (χ1n) is 7.25. The van der Waals surface area contributed by atoms with Crippen molar-refractivity contribution in [3.63, 3.8) is 0 Å². The molecule has 0 bridgehead atoms. The summed E-state index contributed by atoms with van der Waals surface area (Å²) in [5, 5.41) is 4.07. The Labute approximate surface area is 123 Å². The van der Waals surface area contributed by atoms with Crippen LogP contribution in [0.3, 0.4) is 0 Å². The van der Waals surface area contributed by atoms with E-state index >= 15 is 0 Å². The summed E-state index contributed by atoms with van der Waals surface area (Å²) in [5.74, 6) is 0.0651. The summed E-state index contributed by atoms with van der Waals surface area (Å²) in [7, 11) is 0. The summed E-state index contributed by atoms with van der Waals surface area (Å²) in [6.45, 7) is 1.33. The third-order valence-corrected chi connectivity index (χ3v) is 3.96. The maximum absolute atomic E-state index is 12.6. The molecule has 6 nitrogen and oxygen atoms in total. The molecule has 2 aromatic rings. The SMILES string of the molecule is NC[C@@H]1CCCCN1C(=O)c1ccc(-n2cncn2)cc1. The number of aromatic nitrogens is 3. The third-order valence-electron chi connectivity index (χ3n) is 3.96. The van der Waals surface area contributed by atoms with E-state index in [1.807, 2.05) is 29.2 Å². The van der Waals surface area contributed by atoms with E-state index in [0.717, 1.165) is 31.5 Å². The molecular weight excluding hydrogens is 266 g/mol. The highest BCUT2D eigenvalue weighted by Crippen LogP contribution is 2.19. The van der Waals surface area contributed by atoms with E-state index in [-0.39, 0.29) is 11.9 Å². The number of carbonyl (C=O) groups excluding carboxylic acids is 1. The Hall–Kier alpha value is -2.21. The highest BCUT2D eigenvalue weighted by atomic mass is 16.2. The zero-order chi connectivity index (χ0) is 14.7. The topological polar surface area (TPSA) is 77.0 Å². The van der Waals surface area contributed by atoms with E-state index in [1.54, 1.807) is 11.0 Å². The fourth-order valence-corrected chi connectivity index (χ4v) is 2.78. The average Bonchev–Trinajstić information content (AvgIpc) is 3.09. The Morgan fingerprint density at radius 1 is 1.29 bits per heavy atom. The molecule has 1 aliphatic heterocycles. The van der Waals surface area contributed by atoms with E-state index in [9.17, 15) is 4.79 Å². The van der Waals surface area contributed by atoms with Crippen molar-refractivity contribution in [1.82, 2.24) is 19.7 Å². The fraction of sp³-hybridized carbons (Fsp3) is 0.400. The van der Waals surface area contributed by atoms with Crippen molar-refractivity contribution in [2.24, 2.45) is 5.73 Å². The lowest BCUT2D eigenvalue weighted by Gasteiger charge is -2.35. The van der Waals surface area contributed by atoms with Crippen LogP contribution in [0.5, 0.6) is 0 Å². The summed E-state index contributed by atoms with van der Waals surface area (Å²) >= 11 is 0. The molecule has 1 saturated heterocycles. The molecule has 1 amide bonds. The first-order chi connectivity index (χ1) is 10.3. The number of amides is 1. The Kier molecular flexibility index (Phi) is 3.96. The number of hydrogen-bond donors (Lipinski definition) is 1. The van der Waals surface area contributed by atoms with Crippen LogP contribution < -0.4 is 5.73 Å². The lowest BCUT2D eigenvalue weighted by molar-refractivity contribution is 0.0623. The molecule has 1 atom stereocenters. The van der Waals surface area contributed by atoms with Gasteiger partial charge >= 0.3 is 0 Å². The number of nitrogens with zero attached hydrogens (tertiary/aromatic N) is 4. The van der Waals surface area contributed by atoms with Crippen LogP contribution in [-0.4, -0.2) is 44.7 Å². The first-order valence-corrected chi connectivity index (χ1v) is 7.25. The normalized spacial score (nSPS) is 18.7. The molecule has 1 aliphatic rings. The van der Waals surface area contributed by atoms with Gasteiger partial charge in [0.1, 0.15) is 12.7 Å². The monoisotopic (exact) mass is 285 g/mol. The van der Waals surface area contributed by atoms with Crippen LogP contribution in [0.4, 0.5) is 0 Å². The quantitative estimate of drug-likeness (QED) is 0.920. The molecule has 0 aliphatic carbocycles. The van der Waals surface area contributed by atoms with Crippen LogP contribution in [-0.2, 0) is 0 Å². The standard InChI is InChI=1S/C15H19N5O/c16-9-14-3-1-2-8-19(14)15(21)12-4-6-13(7-5-12)20-11-17-10-18-20/h4-7,10-11,14H,1-3,8-9,16H2/t14-/m0/s1. The number of hydrogen-bond acceptors (Lipinski definition) is 4. The predicted molar refractivity (Wildman–Crippen MR) is 79.1 cm³/mol. The minimum absolute atomic E-state index is 0.0651. The van der Waals surface area contributed by atoms with Crippen molar-refractivity contribution in [1.29, 1.82) is 0 Å². The van der Waals surface area contributed by atoms with Crippen LogP contribution in [0.2, 0.25) is 0 Å². The second-order valence-electron chi connectivity index (χ2n) is 5.27. The van der Waals surface area contributed by atoms with Crippen molar-refractivity contribution < 1.29 is 4.79 Å². The Morgan fingerprint density at radius 2 is 2.10 bits per heavy atom. The fourth-order valence-electron chi connectivity index (χ4n) is 2.78. The molecule has 21 heavy (non-hydrogen) atoms. The zero-order valence-electron chi connectivity index (χ0n) is 11.9. The van der Waals surface area contributed by atoms with Crippen LogP contribution in [0.25, 0.3) is 5.69 Å². The average molecular weight is 285 g/mol. The summed E-state index contributed by atoms with van der Waals surface area (Å²) in [4.78, 5) is 18.4. The largest absolute Gasteiger partial charge is 0.334 e. The first kappa shape index (κ1) is 13.8. The van der Waals surface area contributed by atoms with E-state index in [0.29, 0.717) is 12.1 Å². The van der Waals surface area contributed by atoms with Crippen molar-refractivity contribution in [3.8, 4) is 5.69 Å². The minimum Gasteiger partial charge on any atom is -0.334 e. The molecule has 1 aromatic carbocycles. The van der Waals surface area contributed by atoms with Gasteiger partial charge in [-0.2, -0.15) is 5.10 Å². The predicted octanol–water partition coefficient (Wildman–Crippen LogP) is 1.22.